The molecule has 1 atom stereocenters. The quantitative estimate of drug-likeness (QED) is 0.465. The number of hydrogen-bond acceptors (Lipinski definition) is 3. The SMILES string of the molecule is CCCCNC(=O)[C@@H](C)N(Cc1ccc(C)cc1)C(=O)COc1ccc(Cl)cc1Br. The molecule has 2 aromatic rings. The molecule has 0 aliphatic rings. The lowest BCUT2D eigenvalue weighted by molar-refractivity contribution is -0.142. The summed E-state index contributed by atoms with van der Waals surface area (Å²) in [5, 5.41) is 3.48. The molecule has 0 fully saturated rings. The highest BCUT2D eigenvalue weighted by molar-refractivity contribution is 9.10. The lowest BCUT2D eigenvalue weighted by atomic mass is 10.1. The Morgan fingerprint density at radius 3 is 2.53 bits per heavy atom. The van der Waals surface area contributed by atoms with E-state index in [9.17, 15) is 9.59 Å². The largest absolute Gasteiger partial charge is 0.483 e. The average Bonchev–Trinajstić information content (AvgIpc) is 2.72. The summed E-state index contributed by atoms with van der Waals surface area (Å²) in [6.45, 7) is 6.56. The van der Waals surface area contributed by atoms with Crippen molar-refractivity contribution in [1.29, 1.82) is 0 Å². The van der Waals surface area contributed by atoms with Crippen LogP contribution in [0.15, 0.2) is 46.9 Å². The Hall–Kier alpha value is -2.05. The van der Waals surface area contributed by atoms with E-state index in [1.165, 1.54) is 0 Å². The Kier molecular flexibility index (Phi) is 9.66. The number of carbonyl (C=O) groups excluding carboxylic acids is 2. The van der Waals surface area contributed by atoms with Gasteiger partial charge in [-0.3, -0.25) is 9.59 Å². The lowest BCUT2D eigenvalue weighted by Gasteiger charge is -2.29. The molecule has 5 nitrogen and oxygen atoms in total. The second-order valence-corrected chi connectivity index (χ2v) is 8.48. The molecule has 30 heavy (non-hydrogen) atoms. The van der Waals surface area contributed by atoms with Crippen LogP contribution in [-0.2, 0) is 16.1 Å². The van der Waals surface area contributed by atoms with E-state index in [0.29, 0.717) is 28.3 Å². The number of unbranched alkanes of at least 4 members (excludes halogenated alkanes) is 1. The first-order chi connectivity index (χ1) is 14.3. The molecule has 0 aromatic heterocycles. The number of rotatable bonds is 10. The maximum Gasteiger partial charge on any atom is 0.261 e. The van der Waals surface area contributed by atoms with E-state index in [-0.39, 0.29) is 18.4 Å². The summed E-state index contributed by atoms with van der Waals surface area (Å²) >= 11 is 9.34. The normalized spacial score (nSPS) is 11.6. The van der Waals surface area contributed by atoms with Crippen LogP contribution in [0.3, 0.4) is 0 Å². The zero-order chi connectivity index (χ0) is 22.1. The molecule has 2 amide bonds. The van der Waals surface area contributed by atoms with Crippen molar-refractivity contribution in [3.63, 3.8) is 0 Å². The van der Waals surface area contributed by atoms with Crippen LogP contribution in [-0.4, -0.2) is 35.9 Å². The summed E-state index contributed by atoms with van der Waals surface area (Å²) in [6, 6.07) is 12.4. The Bertz CT molecular complexity index is 858. The van der Waals surface area contributed by atoms with Gasteiger partial charge in [-0.25, -0.2) is 0 Å². The fourth-order valence-electron chi connectivity index (χ4n) is 2.82. The van der Waals surface area contributed by atoms with Crippen molar-refractivity contribution < 1.29 is 14.3 Å². The van der Waals surface area contributed by atoms with Gasteiger partial charge in [0, 0.05) is 18.1 Å². The van der Waals surface area contributed by atoms with Crippen LogP contribution in [0.1, 0.15) is 37.8 Å². The second kappa shape index (κ2) is 12.0. The zero-order valence-corrected chi connectivity index (χ0v) is 19.9. The monoisotopic (exact) mass is 494 g/mol. The van der Waals surface area contributed by atoms with Crippen LogP contribution < -0.4 is 10.1 Å². The van der Waals surface area contributed by atoms with Gasteiger partial charge in [0.15, 0.2) is 6.61 Å². The summed E-state index contributed by atoms with van der Waals surface area (Å²) in [5.74, 6) is 0.0789. The van der Waals surface area contributed by atoms with Gasteiger partial charge in [0.2, 0.25) is 5.91 Å². The molecule has 0 spiro atoms. The second-order valence-electron chi connectivity index (χ2n) is 7.19. The van der Waals surface area contributed by atoms with Gasteiger partial charge in [0.05, 0.1) is 4.47 Å². The van der Waals surface area contributed by atoms with Crippen molar-refractivity contribution in [3.05, 3.63) is 63.1 Å². The molecule has 0 aliphatic heterocycles. The number of nitrogens with one attached hydrogen (secondary N) is 1. The van der Waals surface area contributed by atoms with Gasteiger partial charge in [-0.15, -0.1) is 0 Å². The molecule has 0 heterocycles. The predicted molar refractivity (Wildman–Crippen MR) is 124 cm³/mol. The van der Waals surface area contributed by atoms with E-state index < -0.39 is 6.04 Å². The van der Waals surface area contributed by atoms with Gasteiger partial charge < -0.3 is 15.0 Å². The van der Waals surface area contributed by atoms with Crippen molar-refractivity contribution in [1.82, 2.24) is 10.2 Å². The first-order valence-electron chi connectivity index (χ1n) is 10.0. The van der Waals surface area contributed by atoms with E-state index in [1.54, 1.807) is 30.0 Å². The first-order valence-corrected chi connectivity index (χ1v) is 11.2. The average molecular weight is 496 g/mol. The summed E-state index contributed by atoms with van der Waals surface area (Å²) in [4.78, 5) is 27.2. The highest BCUT2D eigenvalue weighted by atomic mass is 79.9. The molecule has 2 aromatic carbocycles. The number of benzene rings is 2. The van der Waals surface area contributed by atoms with Gasteiger partial charge in [-0.05, 0) is 60.0 Å². The number of nitrogens with zero attached hydrogens (tertiary/aromatic N) is 1. The fraction of sp³-hybridized carbons (Fsp3) is 0.391. The Labute approximate surface area is 191 Å². The van der Waals surface area contributed by atoms with Crippen molar-refractivity contribution in [2.75, 3.05) is 13.2 Å². The van der Waals surface area contributed by atoms with Crippen LogP contribution in [0.2, 0.25) is 5.02 Å². The van der Waals surface area contributed by atoms with E-state index in [1.807, 2.05) is 31.2 Å². The molecule has 0 bridgehead atoms. The molecule has 7 heteroatoms. The fourth-order valence-corrected chi connectivity index (χ4v) is 3.62. The van der Waals surface area contributed by atoms with Crippen LogP contribution in [0, 0.1) is 6.92 Å². The number of aryl methyl sites for hydroxylation is 1. The minimum absolute atomic E-state index is 0.170. The molecule has 0 radical (unpaired) electrons. The molecule has 1 N–H and O–H groups in total. The third-order valence-electron chi connectivity index (χ3n) is 4.72. The molecular formula is C23H28BrClN2O3. The van der Waals surface area contributed by atoms with E-state index in [2.05, 4.69) is 28.2 Å². The first kappa shape index (κ1) is 24.2. The van der Waals surface area contributed by atoms with Crippen molar-refractivity contribution in [2.24, 2.45) is 0 Å². The maximum absolute atomic E-state index is 13.0. The van der Waals surface area contributed by atoms with Gasteiger partial charge in [-0.1, -0.05) is 54.8 Å². The van der Waals surface area contributed by atoms with Crippen molar-refractivity contribution in [2.45, 2.75) is 46.2 Å². The van der Waals surface area contributed by atoms with Gasteiger partial charge >= 0.3 is 0 Å². The molecule has 0 saturated carbocycles. The predicted octanol–water partition coefficient (Wildman–Crippen LogP) is 5.12. The van der Waals surface area contributed by atoms with E-state index >= 15 is 0 Å². The minimum Gasteiger partial charge on any atom is -0.483 e. The zero-order valence-electron chi connectivity index (χ0n) is 17.6. The smallest absolute Gasteiger partial charge is 0.261 e. The molecule has 0 unspecified atom stereocenters. The third-order valence-corrected chi connectivity index (χ3v) is 5.57. The molecule has 0 aliphatic carbocycles. The number of halogens is 2. The summed E-state index contributed by atoms with van der Waals surface area (Å²) in [5.41, 5.74) is 2.09. The van der Waals surface area contributed by atoms with Crippen LogP contribution in [0.25, 0.3) is 0 Å². The minimum atomic E-state index is -0.618. The molecule has 0 saturated heterocycles. The lowest BCUT2D eigenvalue weighted by Crippen LogP contribution is -2.49. The summed E-state index contributed by atoms with van der Waals surface area (Å²) in [6.07, 6.45) is 1.89. The van der Waals surface area contributed by atoms with Crippen molar-refractivity contribution >= 4 is 39.3 Å². The van der Waals surface area contributed by atoms with Crippen molar-refractivity contribution in [3.8, 4) is 5.75 Å². The number of carbonyl (C=O) groups is 2. The molecular weight excluding hydrogens is 468 g/mol. The Balaban J connectivity index is 2.12. The van der Waals surface area contributed by atoms with Gasteiger partial charge in [0.25, 0.3) is 5.91 Å². The summed E-state index contributed by atoms with van der Waals surface area (Å²) < 4.78 is 6.36. The highest BCUT2D eigenvalue weighted by Gasteiger charge is 2.26. The van der Waals surface area contributed by atoms with Gasteiger partial charge in [0.1, 0.15) is 11.8 Å². The standard InChI is InChI=1S/C23H28BrClN2O3/c1-4-5-12-26-23(29)17(3)27(14-18-8-6-16(2)7-9-18)22(28)15-30-21-11-10-19(25)13-20(21)24/h6-11,13,17H,4-5,12,14-15H2,1-3H3,(H,26,29)/t17-/m1/s1. The number of amides is 2. The van der Waals surface area contributed by atoms with E-state index in [4.69, 9.17) is 16.3 Å². The Morgan fingerprint density at radius 2 is 1.90 bits per heavy atom. The summed E-state index contributed by atoms with van der Waals surface area (Å²) in [7, 11) is 0. The maximum atomic E-state index is 13.0. The van der Waals surface area contributed by atoms with Crippen LogP contribution in [0.5, 0.6) is 5.75 Å². The van der Waals surface area contributed by atoms with Crippen LogP contribution in [0.4, 0.5) is 0 Å². The van der Waals surface area contributed by atoms with Crippen LogP contribution >= 0.6 is 27.5 Å². The molecule has 162 valence electrons. The number of ether oxygens (including phenoxy) is 1. The highest BCUT2D eigenvalue weighted by Crippen LogP contribution is 2.28. The Morgan fingerprint density at radius 1 is 1.20 bits per heavy atom. The van der Waals surface area contributed by atoms with Gasteiger partial charge in [-0.2, -0.15) is 0 Å². The number of hydrogen-bond donors (Lipinski definition) is 1. The topological polar surface area (TPSA) is 58.6 Å². The third kappa shape index (κ3) is 7.33. The van der Waals surface area contributed by atoms with E-state index in [0.717, 1.165) is 24.0 Å². The molecule has 2 rings (SSSR count).